The molecule has 3 heterocycles. The SMILES string of the molecule is CNc1nc(NC(=O)CC(C)C)nc2c1ncn2[C@@H]1O[C@H](COC(=O)Cc2ccccc2)[C@@H](O)[C@@]1(C)F. The molecule has 1 aliphatic heterocycles. The van der Waals surface area contributed by atoms with Crippen LogP contribution in [0.3, 0.4) is 0 Å². The Bertz CT molecular complexity index is 1270. The number of halogens is 1. The minimum Gasteiger partial charge on any atom is -0.463 e. The number of aliphatic hydroxyl groups excluding tert-OH is 1. The third-order valence-electron chi connectivity index (χ3n) is 6.07. The van der Waals surface area contributed by atoms with Crippen LogP contribution in [-0.2, 0) is 25.5 Å². The number of carbonyl (C=O) groups is 2. The van der Waals surface area contributed by atoms with Crippen molar-refractivity contribution in [2.45, 2.75) is 57.7 Å². The summed E-state index contributed by atoms with van der Waals surface area (Å²) in [5.74, 6) is -0.295. The number of rotatable bonds is 9. The van der Waals surface area contributed by atoms with Gasteiger partial charge < -0.3 is 19.9 Å². The fraction of sp³-hybridized carbons (Fsp3) is 0.480. The molecule has 11 nitrogen and oxygen atoms in total. The Balaban J connectivity index is 1.54. The van der Waals surface area contributed by atoms with E-state index in [4.69, 9.17) is 9.47 Å². The predicted molar refractivity (Wildman–Crippen MR) is 133 cm³/mol. The second-order valence-electron chi connectivity index (χ2n) is 9.58. The number of nitrogens with zero attached hydrogens (tertiary/aromatic N) is 4. The van der Waals surface area contributed by atoms with Crippen LogP contribution in [0.15, 0.2) is 36.7 Å². The summed E-state index contributed by atoms with van der Waals surface area (Å²) < 4.78 is 28.3. The molecule has 4 atom stereocenters. The third kappa shape index (κ3) is 5.70. The van der Waals surface area contributed by atoms with Gasteiger partial charge in [-0.15, -0.1) is 0 Å². The summed E-state index contributed by atoms with van der Waals surface area (Å²) in [6.07, 6.45) is -2.38. The number of amides is 1. The summed E-state index contributed by atoms with van der Waals surface area (Å²) >= 11 is 0. The van der Waals surface area contributed by atoms with E-state index in [1.54, 1.807) is 19.2 Å². The first-order valence-electron chi connectivity index (χ1n) is 12.0. The number of esters is 1. The van der Waals surface area contributed by atoms with Gasteiger partial charge in [0.25, 0.3) is 0 Å². The number of ether oxygens (including phenoxy) is 2. The smallest absolute Gasteiger partial charge is 0.310 e. The zero-order chi connectivity index (χ0) is 26.7. The molecule has 3 N–H and O–H groups in total. The number of imidazole rings is 1. The number of aromatic nitrogens is 4. The van der Waals surface area contributed by atoms with E-state index in [-0.39, 0.29) is 42.9 Å². The van der Waals surface area contributed by atoms with Gasteiger partial charge in [0, 0.05) is 13.5 Å². The van der Waals surface area contributed by atoms with Crippen LogP contribution < -0.4 is 10.6 Å². The van der Waals surface area contributed by atoms with Gasteiger partial charge in [-0.25, -0.2) is 9.37 Å². The van der Waals surface area contributed by atoms with E-state index in [1.165, 1.54) is 17.8 Å². The Labute approximate surface area is 213 Å². The molecule has 0 bridgehead atoms. The number of aliphatic hydroxyl groups is 1. The van der Waals surface area contributed by atoms with Gasteiger partial charge in [0.2, 0.25) is 11.9 Å². The number of hydrogen-bond donors (Lipinski definition) is 3. The van der Waals surface area contributed by atoms with Crippen molar-refractivity contribution in [3.8, 4) is 0 Å². The number of alkyl halides is 1. The molecule has 0 radical (unpaired) electrons. The zero-order valence-electron chi connectivity index (χ0n) is 21.1. The lowest BCUT2D eigenvalue weighted by Gasteiger charge is -2.24. The quantitative estimate of drug-likeness (QED) is 0.368. The highest BCUT2D eigenvalue weighted by Crippen LogP contribution is 2.42. The van der Waals surface area contributed by atoms with Crippen molar-refractivity contribution < 1.29 is 28.6 Å². The average molecular weight is 515 g/mol. The molecule has 1 aromatic carbocycles. The molecule has 198 valence electrons. The van der Waals surface area contributed by atoms with Gasteiger partial charge in [0.05, 0.1) is 12.7 Å². The molecule has 1 fully saturated rings. The molecule has 0 aliphatic carbocycles. The van der Waals surface area contributed by atoms with Crippen LogP contribution in [0, 0.1) is 5.92 Å². The van der Waals surface area contributed by atoms with E-state index >= 15 is 4.39 Å². The molecule has 3 aromatic rings. The van der Waals surface area contributed by atoms with Crippen LogP contribution in [0.2, 0.25) is 0 Å². The van der Waals surface area contributed by atoms with Crippen molar-refractivity contribution in [1.82, 2.24) is 19.5 Å². The van der Waals surface area contributed by atoms with Gasteiger partial charge in [0.1, 0.15) is 18.8 Å². The van der Waals surface area contributed by atoms with Crippen LogP contribution in [-0.4, -0.2) is 68.0 Å². The topological polar surface area (TPSA) is 140 Å². The van der Waals surface area contributed by atoms with E-state index in [2.05, 4.69) is 25.6 Å². The third-order valence-corrected chi connectivity index (χ3v) is 6.07. The maximum absolute atomic E-state index is 15.8. The minimum atomic E-state index is -2.27. The molecule has 12 heteroatoms. The monoisotopic (exact) mass is 514 g/mol. The summed E-state index contributed by atoms with van der Waals surface area (Å²) in [5, 5.41) is 16.2. The summed E-state index contributed by atoms with van der Waals surface area (Å²) in [6, 6.07) is 9.05. The van der Waals surface area contributed by atoms with Crippen LogP contribution in [0.5, 0.6) is 0 Å². The highest BCUT2D eigenvalue weighted by Gasteiger charge is 2.55. The van der Waals surface area contributed by atoms with Crippen molar-refractivity contribution in [3.63, 3.8) is 0 Å². The van der Waals surface area contributed by atoms with Gasteiger partial charge in [-0.05, 0) is 18.4 Å². The van der Waals surface area contributed by atoms with E-state index in [0.29, 0.717) is 11.3 Å². The Hall–Kier alpha value is -3.64. The highest BCUT2D eigenvalue weighted by atomic mass is 19.1. The van der Waals surface area contributed by atoms with Crippen LogP contribution >= 0.6 is 0 Å². The van der Waals surface area contributed by atoms with E-state index in [1.807, 2.05) is 32.0 Å². The maximum Gasteiger partial charge on any atom is 0.310 e. The lowest BCUT2D eigenvalue weighted by molar-refractivity contribution is -0.149. The number of benzene rings is 1. The first kappa shape index (κ1) is 26.4. The fourth-order valence-electron chi connectivity index (χ4n) is 4.20. The number of anilines is 2. The molecule has 1 aliphatic rings. The predicted octanol–water partition coefficient (Wildman–Crippen LogP) is 2.62. The van der Waals surface area contributed by atoms with Crippen molar-refractivity contribution in [2.75, 3.05) is 24.3 Å². The van der Waals surface area contributed by atoms with E-state index < -0.39 is 30.1 Å². The van der Waals surface area contributed by atoms with Crippen LogP contribution in [0.1, 0.15) is 39.0 Å². The van der Waals surface area contributed by atoms with Gasteiger partial charge in [-0.2, -0.15) is 9.97 Å². The summed E-state index contributed by atoms with van der Waals surface area (Å²) in [7, 11) is 1.63. The van der Waals surface area contributed by atoms with Gasteiger partial charge in [-0.3, -0.25) is 19.5 Å². The van der Waals surface area contributed by atoms with Gasteiger partial charge >= 0.3 is 5.97 Å². The second-order valence-corrected chi connectivity index (χ2v) is 9.58. The molecule has 4 rings (SSSR count). The lowest BCUT2D eigenvalue weighted by Crippen LogP contribution is -2.41. The summed E-state index contributed by atoms with van der Waals surface area (Å²) in [6.45, 7) is 4.70. The Morgan fingerprint density at radius 1 is 1.27 bits per heavy atom. The largest absolute Gasteiger partial charge is 0.463 e. The molecule has 0 unspecified atom stereocenters. The molecular formula is C25H31FN6O5. The number of fused-ring (bicyclic) bond motifs is 1. The van der Waals surface area contributed by atoms with Crippen LogP contribution in [0.4, 0.5) is 16.2 Å². The summed E-state index contributed by atoms with van der Waals surface area (Å²) in [5.41, 5.74) is -0.969. The number of carbonyl (C=O) groups excluding carboxylic acids is 2. The van der Waals surface area contributed by atoms with E-state index in [9.17, 15) is 14.7 Å². The molecule has 1 saturated heterocycles. The normalized spacial score (nSPS) is 23.4. The Morgan fingerprint density at radius 2 is 2.00 bits per heavy atom. The van der Waals surface area contributed by atoms with Crippen LogP contribution in [0.25, 0.3) is 11.2 Å². The molecule has 1 amide bonds. The Kier molecular flexibility index (Phi) is 7.69. The minimum absolute atomic E-state index is 0.0229. The number of hydrogen-bond acceptors (Lipinski definition) is 9. The average Bonchev–Trinajstić information content (AvgIpc) is 3.35. The fourth-order valence-corrected chi connectivity index (χ4v) is 4.20. The van der Waals surface area contributed by atoms with Gasteiger partial charge in [0.15, 0.2) is 28.9 Å². The zero-order valence-corrected chi connectivity index (χ0v) is 21.1. The molecule has 0 spiro atoms. The highest BCUT2D eigenvalue weighted by molar-refractivity contribution is 5.91. The maximum atomic E-state index is 15.8. The molecular weight excluding hydrogens is 483 g/mol. The number of nitrogens with one attached hydrogen (secondary N) is 2. The van der Waals surface area contributed by atoms with Crippen molar-refractivity contribution in [1.29, 1.82) is 0 Å². The summed E-state index contributed by atoms with van der Waals surface area (Å²) in [4.78, 5) is 37.5. The second kappa shape index (κ2) is 10.8. The molecule has 2 aromatic heterocycles. The van der Waals surface area contributed by atoms with Crippen molar-refractivity contribution in [2.24, 2.45) is 5.92 Å². The Morgan fingerprint density at radius 3 is 2.68 bits per heavy atom. The lowest BCUT2D eigenvalue weighted by atomic mass is 9.98. The molecule has 37 heavy (non-hydrogen) atoms. The van der Waals surface area contributed by atoms with Gasteiger partial charge in [-0.1, -0.05) is 44.2 Å². The standard InChI is InChI=1S/C25H31FN6O5/c1-14(2)10-17(33)29-24-30-21(27-4)19-22(31-24)32(13-28-19)23-25(3,26)20(35)16(37-23)12-36-18(34)11-15-8-6-5-7-9-15/h5-9,13-14,16,20,23,35H,10-12H2,1-4H3,(H2,27,29,30,31,33)/t16-,20-,23-,25-/m1/s1. The first-order valence-corrected chi connectivity index (χ1v) is 12.0. The van der Waals surface area contributed by atoms with Crippen molar-refractivity contribution >= 4 is 34.8 Å². The molecule has 0 saturated carbocycles. The van der Waals surface area contributed by atoms with E-state index in [0.717, 1.165) is 5.56 Å². The first-order chi connectivity index (χ1) is 17.6. The van der Waals surface area contributed by atoms with Crippen molar-refractivity contribution in [3.05, 3.63) is 42.2 Å².